The molecule has 22 heavy (non-hydrogen) atoms. The highest BCUT2D eigenvalue weighted by atomic mass is 79.9. The lowest BCUT2D eigenvalue weighted by atomic mass is 9.95. The van der Waals surface area contributed by atoms with Gasteiger partial charge in [-0.2, -0.15) is 0 Å². The Kier molecular flexibility index (Phi) is 3.35. The Bertz CT molecular complexity index is 877. The van der Waals surface area contributed by atoms with E-state index >= 15 is 0 Å². The van der Waals surface area contributed by atoms with E-state index in [1.165, 1.54) is 33.4 Å². The Balaban J connectivity index is 1.93. The normalized spacial score (nSPS) is 12.1. The molecule has 2 N–H and O–H groups in total. The molecule has 0 heterocycles. The van der Waals surface area contributed by atoms with Crippen LogP contribution in [0.1, 0.15) is 11.1 Å². The number of fused-ring (bicyclic) bond motifs is 3. The molecule has 0 bridgehead atoms. The van der Waals surface area contributed by atoms with E-state index in [0.29, 0.717) is 0 Å². The quantitative estimate of drug-likeness (QED) is 0.378. The zero-order chi connectivity index (χ0) is 15.3. The summed E-state index contributed by atoms with van der Waals surface area (Å²) in [6, 6.07) is 19.4. The van der Waals surface area contributed by atoms with Gasteiger partial charge in [-0.15, -0.1) is 0 Å². The van der Waals surface area contributed by atoms with Gasteiger partial charge in [-0.25, -0.2) is 0 Å². The highest BCUT2D eigenvalue weighted by Gasteiger charge is 2.21. The summed E-state index contributed by atoms with van der Waals surface area (Å²) < 4.78 is 1.84. The van der Waals surface area contributed by atoms with Crippen molar-refractivity contribution >= 4 is 37.5 Å². The number of halogens is 2. The minimum Gasteiger partial charge on any atom is -0.397 e. The van der Waals surface area contributed by atoms with E-state index in [4.69, 9.17) is 5.73 Å². The highest BCUT2D eigenvalue weighted by Crippen LogP contribution is 2.43. The van der Waals surface area contributed by atoms with Gasteiger partial charge in [0.1, 0.15) is 0 Å². The second-order valence-corrected chi connectivity index (χ2v) is 7.23. The van der Waals surface area contributed by atoms with Crippen LogP contribution in [-0.2, 0) is 6.42 Å². The molecule has 1 nitrogen and oxygen atoms in total. The summed E-state index contributed by atoms with van der Waals surface area (Å²) in [7, 11) is 0. The van der Waals surface area contributed by atoms with Gasteiger partial charge in [0, 0.05) is 8.95 Å². The largest absolute Gasteiger partial charge is 0.397 e. The average molecular weight is 415 g/mol. The maximum atomic E-state index is 6.02. The summed E-state index contributed by atoms with van der Waals surface area (Å²) in [6.45, 7) is 0. The maximum absolute atomic E-state index is 6.02. The molecule has 3 heteroatoms. The zero-order valence-electron chi connectivity index (χ0n) is 11.7. The standard InChI is InChI=1S/C19H13Br2N/c20-17-9-12(10-18(21)19(17)22)14-6-3-7-15-13-5-2-1-4-11(13)8-16(14)15/h1-7,9-10H,8,22H2. The summed E-state index contributed by atoms with van der Waals surface area (Å²) in [5, 5.41) is 0. The molecular weight excluding hydrogens is 402 g/mol. The molecule has 1 aliphatic rings. The van der Waals surface area contributed by atoms with Crippen LogP contribution in [0.2, 0.25) is 0 Å². The minimum absolute atomic E-state index is 0.736. The lowest BCUT2D eigenvalue weighted by Crippen LogP contribution is -1.92. The van der Waals surface area contributed by atoms with Crippen molar-refractivity contribution in [2.45, 2.75) is 6.42 Å². The molecule has 0 aliphatic heterocycles. The molecular formula is C19H13Br2N. The van der Waals surface area contributed by atoms with Crippen molar-refractivity contribution in [2.75, 3.05) is 5.73 Å². The van der Waals surface area contributed by atoms with Gasteiger partial charge in [0.25, 0.3) is 0 Å². The summed E-state index contributed by atoms with van der Waals surface area (Å²) in [5.41, 5.74) is 14.7. The molecule has 0 radical (unpaired) electrons. The van der Waals surface area contributed by atoms with Crippen molar-refractivity contribution in [3.8, 4) is 22.3 Å². The zero-order valence-corrected chi connectivity index (χ0v) is 14.9. The first-order chi connectivity index (χ1) is 10.6. The van der Waals surface area contributed by atoms with Crippen LogP contribution in [0.3, 0.4) is 0 Å². The van der Waals surface area contributed by atoms with Gasteiger partial charge in [0.2, 0.25) is 0 Å². The van der Waals surface area contributed by atoms with Crippen LogP contribution < -0.4 is 5.73 Å². The maximum Gasteiger partial charge on any atom is 0.0603 e. The Labute approximate surface area is 146 Å². The topological polar surface area (TPSA) is 26.0 Å². The first-order valence-corrected chi connectivity index (χ1v) is 8.69. The third-order valence-corrected chi connectivity index (χ3v) is 5.55. The van der Waals surface area contributed by atoms with Crippen LogP contribution in [0.4, 0.5) is 5.69 Å². The molecule has 0 saturated heterocycles. The molecule has 0 saturated carbocycles. The fourth-order valence-electron chi connectivity index (χ4n) is 3.17. The molecule has 3 aromatic rings. The Morgan fingerprint density at radius 3 is 2.18 bits per heavy atom. The molecule has 4 rings (SSSR count). The van der Waals surface area contributed by atoms with E-state index in [0.717, 1.165) is 21.1 Å². The second-order valence-electron chi connectivity index (χ2n) is 5.52. The molecule has 0 unspecified atom stereocenters. The van der Waals surface area contributed by atoms with Gasteiger partial charge < -0.3 is 5.73 Å². The molecule has 0 atom stereocenters. The molecule has 0 fully saturated rings. The lowest BCUT2D eigenvalue weighted by Gasteiger charge is -2.11. The highest BCUT2D eigenvalue weighted by molar-refractivity contribution is 9.11. The molecule has 1 aliphatic carbocycles. The molecule has 0 spiro atoms. The Hall–Kier alpha value is -1.58. The van der Waals surface area contributed by atoms with E-state index in [-0.39, 0.29) is 0 Å². The van der Waals surface area contributed by atoms with Crippen molar-refractivity contribution in [2.24, 2.45) is 0 Å². The third kappa shape index (κ3) is 2.11. The second kappa shape index (κ2) is 5.25. The van der Waals surface area contributed by atoms with Gasteiger partial charge in [-0.3, -0.25) is 0 Å². The van der Waals surface area contributed by atoms with Crippen molar-refractivity contribution in [3.05, 3.63) is 74.7 Å². The molecule has 3 aromatic carbocycles. The monoisotopic (exact) mass is 413 g/mol. The van der Waals surface area contributed by atoms with Crippen LogP contribution in [0.5, 0.6) is 0 Å². The predicted molar refractivity (Wildman–Crippen MR) is 99.9 cm³/mol. The lowest BCUT2D eigenvalue weighted by molar-refractivity contribution is 1.26. The Morgan fingerprint density at radius 1 is 0.773 bits per heavy atom. The fourth-order valence-corrected chi connectivity index (χ4v) is 4.35. The number of anilines is 1. The first-order valence-electron chi connectivity index (χ1n) is 7.10. The number of nitrogen functional groups attached to an aromatic ring is 1. The van der Waals surface area contributed by atoms with Gasteiger partial charge in [0.05, 0.1) is 5.69 Å². The fraction of sp³-hybridized carbons (Fsp3) is 0.0526. The molecule has 0 aromatic heterocycles. The number of benzene rings is 3. The minimum atomic E-state index is 0.736. The van der Waals surface area contributed by atoms with Crippen LogP contribution in [0.25, 0.3) is 22.3 Å². The summed E-state index contributed by atoms with van der Waals surface area (Å²) in [4.78, 5) is 0. The van der Waals surface area contributed by atoms with E-state index in [1.54, 1.807) is 0 Å². The van der Waals surface area contributed by atoms with Crippen LogP contribution in [0.15, 0.2) is 63.5 Å². The van der Waals surface area contributed by atoms with Crippen LogP contribution >= 0.6 is 31.9 Å². The van der Waals surface area contributed by atoms with E-state index in [9.17, 15) is 0 Å². The summed E-state index contributed by atoms with van der Waals surface area (Å²) >= 11 is 7.10. The smallest absolute Gasteiger partial charge is 0.0603 e. The van der Waals surface area contributed by atoms with Gasteiger partial charge in [-0.1, -0.05) is 42.5 Å². The van der Waals surface area contributed by atoms with Crippen LogP contribution in [-0.4, -0.2) is 0 Å². The number of nitrogens with two attached hydrogens (primary N) is 1. The summed E-state index contributed by atoms with van der Waals surface area (Å²) in [5.74, 6) is 0. The SMILES string of the molecule is Nc1c(Br)cc(-c2cccc3c2Cc2ccccc2-3)cc1Br. The predicted octanol–water partition coefficient (Wildman–Crippen LogP) is 6.03. The number of hydrogen-bond acceptors (Lipinski definition) is 1. The Morgan fingerprint density at radius 2 is 1.41 bits per heavy atom. The third-order valence-electron chi connectivity index (χ3n) is 4.24. The van der Waals surface area contributed by atoms with Crippen molar-refractivity contribution in [1.82, 2.24) is 0 Å². The van der Waals surface area contributed by atoms with E-state index in [1.807, 2.05) is 0 Å². The van der Waals surface area contributed by atoms with Crippen molar-refractivity contribution in [1.29, 1.82) is 0 Å². The first kappa shape index (κ1) is 14.0. The van der Waals surface area contributed by atoms with Crippen molar-refractivity contribution < 1.29 is 0 Å². The number of hydrogen-bond donors (Lipinski definition) is 1. The van der Waals surface area contributed by atoms with E-state index < -0.39 is 0 Å². The van der Waals surface area contributed by atoms with Gasteiger partial charge in [-0.05, 0) is 83.8 Å². The molecule has 108 valence electrons. The van der Waals surface area contributed by atoms with Crippen molar-refractivity contribution in [3.63, 3.8) is 0 Å². The van der Waals surface area contributed by atoms with Crippen LogP contribution in [0, 0.1) is 0 Å². The van der Waals surface area contributed by atoms with E-state index in [2.05, 4.69) is 86.5 Å². The van der Waals surface area contributed by atoms with Gasteiger partial charge >= 0.3 is 0 Å². The van der Waals surface area contributed by atoms with Gasteiger partial charge in [0.15, 0.2) is 0 Å². The average Bonchev–Trinajstić information content (AvgIpc) is 2.90. The summed E-state index contributed by atoms with van der Waals surface area (Å²) in [6.07, 6.45) is 0.987. The number of rotatable bonds is 1. The molecule has 0 amide bonds.